The number of anilines is 3. The fourth-order valence-electron chi connectivity index (χ4n) is 2.45. The van der Waals surface area contributed by atoms with Crippen molar-refractivity contribution in [2.75, 3.05) is 16.0 Å². The minimum atomic E-state index is -0.712. The maximum atomic E-state index is 13.8. The van der Waals surface area contributed by atoms with Crippen molar-refractivity contribution < 1.29 is 23.5 Å². The summed E-state index contributed by atoms with van der Waals surface area (Å²) in [6, 6.07) is 10.7. The highest BCUT2D eigenvalue weighted by Gasteiger charge is 2.20. The largest absolute Gasteiger partial charge is 0.444 e. The summed E-state index contributed by atoms with van der Waals surface area (Å²) < 4.78 is 19.0. The SMILES string of the molecule is CC(=O)Nc1ccc(SC(C)C(=O)Nc2cc(F)ccc2NC(=O)OC(C)(C)C)cc1. The van der Waals surface area contributed by atoms with Gasteiger partial charge in [0, 0.05) is 17.5 Å². The molecule has 0 heterocycles. The number of benzene rings is 2. The van der Waals surface area contributed by atoms with Crippen LogP contribution >= 0.6 is 11.8 Å². The Kier molecular flexibility index (Phi) is 8.04. The quantitative estimate of drug-likeness (QED) is 0.526. The van der Waals surface area contributed by atoms with E-state index in [0.717, 1.165) is 11.0 Å². The van der Waals surface area contributed by atoms with Gasteiger partial charge in [-0.3, -0.25) is 14.9 Å². The number of ether oxygens (including phenoxy) is 1. The van der Waals surface area contributed by atoms with Crippen LogP contribution in [0.25, 0.3) is 0 Å². The molecule has 0 aliphatic rings. The van der Waals surface area contributed by atoms with E-state index in [4.69, 9.17) is 4.74 Å². The van der Waals surface area contributed by atoms with Gasteiger partial charge in [-0.2, -0.15) is 0 Å². The second-order valence-electron chi connectivity index (χ2n) is 7.77. The number of hydrogen-bond acceptors (Lipinski definition) is 5. The number of rotatable bonds is 6. The first-order valence-corrected chi connectivity index (χ1v) is 10.5. The fraction of sp³-hybridized carbons (Fsp3) is 0.318. The zero-order valence-electron chi connectivity index (χ0n) is 18.0. The maximum absolute atomic E-state index is 13.8. The van der Waals surface area contributed by atoms with E-state index in [-0.39, 0.29) is 23.2 Å². The average Bonchev–Trinajstić information content (AvgIpc) is 2.63. The number of carbonyl (C=O) groups is 3. The molecule has 9 heteroatoms. The van der Waals surface area contributed by atoms with Gasteiger partial charge in [0.1, 0.15) is 11.4 Å². The van der Waals surface area contributed by atoms with Crippen LogP contribution in [0.5, 0.6) is 0 Å². The lowest BCUT2D eigenvalue weighted by atomic mass is 10.2. The van der Waals surface area contributed by atoms with Crippen LogP contribution in [-0.2, 0) is 14.3 Å². The molecule has 0 fully saturated rings. The van der Waals surface area contributed by atoms with E-state index in [9.17, 15) is 18.8 Å². The van der Waals surface area contributed by atoms with Crippen molar-refractivity contribution in [3.05, 3.63) is 48.3 Å². The summed E-state index contributed by atoms with van der Waals surface area (Å²) in [4.78, 5) is 36.6. The summed E-state index contributed by atoms with van der Waals surface area (Å²) in [5, 5.41) is 7.34. The van der Waals surface area contributed by atoms with Crippen LogP contribution in [0.2, 0.25) is 0 Å². The molecule has 0 bridgehead atoms. The van der Waals surface area contributed by atoms with Gasteiger partial charge in [0.2, 0.25) is 11.8 Å². The summed E-state index contributed by atoms with van der Waals surface area (Å²) in [5.41, 5.74) is 0.311. The molecule has 1 unspecified atom stereocenters. The molecule has 2 rings (SSSR count). The lowest BCUT2D eigenvalue weighted by Crippen LogP contribution is -2.28. The normalized spacial score (nSPS) is 11.9. The average molecular weight is 448 g/mol. The van der Waals surface area contributed by atoms with E-state index in [1.54, 1.807) is 52.0 Å². The van der Waals surface area contributed by atoms with Gasteiger partial charge in [0.15, 0.2) is 0 Å². The van der Waals surface area contributed by atoms with Crippen LogP contribution in [0, 0.1) is 5.82 Å². The summed E-state index contributed by atoms with van der Waals surface area (Å²) in [5.74, 6) is -1.09. The van der Waals surface area contributed by atoms with Gasteiger partial charge < -0.3 is 15.4 Å². The van der Waals surface area contributed by atoms with Crippen molar-refractivity contribution in [3.8, 4) is 0 Å². The molecule has 166 valence electrons. The third-order valence-corrected chi connectivity index (χ3v) is 4.84. The minimum absolute atomic E-state index is 0.129. The van der Waals surface area contributed by atoms with Crippen molar-refractivity contribution in [3.63, 3.8) is 0 Å². The second kappa shape index (κ2) is 10.3. The molecule has 1 atom stereocenters. The molecule has 31 heavy (non-hydrogen) atoms. The first-order chi connectivity index (χ1) is 14.4. The van der Waals surface area contributed by atoms with E-state index < -0.39 is 22.8 Å². The molecule has 0 aliphatic carbocycles. The van der Waals surface area contributed by atoms with Crippen LogP contribution in [0.3, 0.4) is 0 Å². The highest BCUT2D eigenvalue weighted by molar-refractivity contribution is 8.00. The molecular weight excluding hydrogens is 421 g/mol. The minimum Gasteiger partial charge on any atom is -0.444 e. The first-order valence-electron chi connectivity index (χ1n) is 9.57. The molecule has 0 aliphatic heterocycles. The number of carbonyl (C=O) groups excluding carboxylic acids is 3. The predicted octanol–water partition coefficient (Wildman–Crippen LogP) is 5.25. The van der Waals surface area contributed by atoms with Crippen LogP contribution in [-0.4, -0.2) is 28.8 Å². The third-order valence-electron chi connectivity index (χ3n) is 3.73. The Morgan fingerprint density at radius 1 is 0.968 bits per heavy atom. The van der Waals surface area contributed by atoms with E-state index >= 15 is 0 Å². The van der Waals surface area contributed by atoms with Gasteiger partial charge in [-0.1, -0.05) is 0 Å². The number of halogens is 1. The summed E-state index contributed by atoms with van der Waals surface area (Å²) >= 11 is 1.30. The number of amides is 3. The molecule has 0 saturated heterocycles. The second-order valence-corrected chi connectivity index (χ2v) is 9.19. The molecule has 0 spiro atoms. The Bertz CT molecular complexity index is 958. The van der Waals surface area contributed by atoms with Crippen LogP contribution in [0.4, 0.5) is 26.2 Å². The van der Waals surface area contributed by atoms with Crippen molar-refractivity contribution in [1.29, 1.82) is 0 Å². The maximum Gasteiger partial charge on any atom is 0.412 e. The van der Waals surface area contributed by atoms with Gasteiger partial charge in [-0.15, -0.1) is 11.8 Å². The summed E-state index contributed by atoms with van der Waals surface area (Å²) in [7, 11) is 0. The Labute approximate surface area is 185 Å². The molecule has 0 aromatic heterocycles. The highest BCUT2D eigenvalue weighted by atomic mass is 32.2. The third kappa shape index (κ3) is 8.29. The zero-order valence-corrected chi connectivity index (χ0v) is 18.9. The molecular formula is C22H26FN3O4S. The fourth-order valence-corrected chi connectivity index (χ4v) is 3.32. The van der Waals surface area contributed by atoms with E-state index in [1.807, 2.05) is 0 Å². The Morgan fingerprint density at radius 2 is 1.61 bits per heavy atom. The molecule has 0 radical (unpaired) electrons. The topological polar surface area (TPSA) is 96.5 Å². The Balaban J connectivity index is 2.05. The van der Waals surface area contributed by atoms with Gasteiger partial charge >= 0.3 is 6.09 Å². The molecule has 2 aromatic carbocycles. The number of thioether (sulfide) groups is 1. The van der Waals surface area contributed by atoms with E-state index in [2.05, 4.69) is 16.0 Å². The molecule has 2 aromatic rings. The smallest absolute Gasteiger partial charge is 0.412 e. The molecule has 7 nitrogen and oxygen atoms in total. The van der Waals surface area contributed by atoms with Crippen LogP contribution in [0.1, 0.15) is 34.6 Å². The van der Waals surface area contributed by atoms with E-state index in [0.29, 0.717) is 5.69 Å². The lowest BCUT2D eigenvalue weighted by molar-refractivity contribution is -0.115. The number of hydrogen-bond donors (Lipinski definition) is 3. The Hall–Kier alpha value is -3.07. The standard InChI is InChI=1S/C22H26FN3O4S/c1-13(31-17-9-7-16(8-10-17)24-14(2)27)20(28)25-19-12-15(23)6-11-18(19)26-21(29)30-22(3,4)5/h6-13H,1-5H3,(H,24,27)(H,25,28)(H,26,29). The highest BCUT2D eigenvalue weighted by Crippen LogP contribution is 2.28. The van der Waals surface area contributed by atoms with Gasteiger partial charge in [-0.25, -0.2) is 9.18 Å². The summed E-state index contributed by atoms with van der Waals surface area (Å²) in [6.07, 6.45) is -0.712. The van der Waals surface area contributed by atoms with Crippen LogP contribution < -0.4 is 16.0 Å². The van der Waals surface area contributed by atoms with Gasteiger partial charge in [-0.05, 0) is 70.2 Å². The lowest BCUT2D eigenvalue weighted by Gasteiger charge is -2.21. The van der Waals surface area contributed by atoms with Crippen molar-refractivity contribution in [2.24, 2.45) is 0 Å². The molecule has 3 N–H and O–H groups in total. The molecule has 3 amide bonds. The van der Waals surface area contributed by atoms with E-state index in [1.165, 1.54) is 30.8 Å². The van der Waals surface area contributed by atoms with Crippen molar-refractivity contribution >= 4 is 46.7 Å². The summed E-state index contributed by atoms with van der Waals surface area (Å²) in [6.45, 7) is 8.31. The van der Waals surface area contributed by atoms with Gasteiger partial charge in [0.05, 0.1) is 16.6 Å². The van der Waals surface area contributed by atoms with Gasteiger partial charge in [0.25, 0.3) is 0 Å². The van der Waals surface area contributed by atoms with Crippen molar-refractivity contribution in [1.82, 2.24) is 0 Å². The first kappa shape index (κ1) is 24.2. The molecule has 0 saturated carbocycles. The predicted molar refractivity (Wildman–Crippen MR) is 121 cm³/mol. The monoisotopic (exact) mass is 447 g/mol. The number of nitrogens with one attached hydrogen (secondary N) is 3. The Morgan fingerprint density at radius 3 is 2.19 bits per heavy atom. The zero-order chi connectivity index (χ0) is 23.2. The van der Waals surface area contributed by atoms with Crippen molar-refractivity contribution in [2.45, 2.75) is 50.4 Å². The van der Waals surface area contributed by atoms with Crippen LogP contribution in [0.15, 0.2) is 47.4 Å².